The third kappa shape index (κ3) is 6.57. The van der Waals surface area contributed by atoms with Gasteiger partial charge in [-0.05, 0) is 60.9 Å². The van der Waals surface area contributed by atoms with Gasteiger partial charge in [0.1, 0.15) is 15.8 Å². The summed E-state index contributed by atoms with van der Waals surface area (Å²) in [5, 5.41) is 12.4. The number of carbonyl (C=O) groups is 2. The molecule has 2 amide bonds. The highest BCUT2D eigenvalue weighted by molar-refractivity contribution is 8.26. The van der Waals surface area contributed by atoms with E-state index in [0.29, 0.717) is 22.2 Å². The van der Waals surface area contributed by atoms with Crippen LogP contribution in [0.2, 0.25) is 0 Å². The van der Waals surface area contributed by atoms with Gasteiger partial charge in [0, 0.05) is 18.7 Å². The Labute approximate surface area is 191 Å². The molecule has 162 valence electrons. The van der Waals surface area contributed by atoms with E-state index < -0.39 is 0 Å². The van der Waals surface area contributed by atoms with Gasteiger partial charge in [-0.1, -0.05) is 42.5 Å². The Morgan fingerprint density at radius 3 is 2.68 bits per heavy atom. The molecule has 0 unspecified atom stereocenters. The maximum atomic E-state index is 12.6. The number of hydrogen-bond donors (Lipinski definition) is 2. The van der Waals surface area contributed by atoms with Crippen molar-refractivity contribution in [1.82, 2.24) is 4.90 Å². The van der Waals surface area contributed by atoms with Gasteiger partial charge in [-0.3, -0.25) is 14.5 Å². The molecule has 1 aliphatic rings. The molecule has 0 aromatic heterocycles. The SMILES string of the molecule is COc1ccc(NC(=O)CCCCCN2C(=O)/C(=C/c3cccc(O)c3)SC2=S)cc1. The van der Waals surface area contributed by atoms with E-state index in [4.69, 9.17) is 17.0 Å². The first kappa shape index (κ1) is 22.8. The summed E-state index contributed by atoms with van der Waals surface area (Å²) < 4.78 is 5.64. The summed E-state index contributed by atoms with van der Waals surface area (Å²) >= 11 is 6.62. The molecular weight excluding hydrogens is 432 g/mol. The number of aromatic hydroxyl groups is 1. The van der Waals surface area contributed by atoms with Crippen molar-refractivity contribution in [1.29, 1.82) is 0 Å². The molecule has 2 aromatic rings. The number of hydrogen-bond acceptors (Lipinski definition) is 6. The molecule has 1 fully saturated rings. The van der Waals surface area contributed by atoms with Crippen LogP contribution in [0.25, 0.3) is 6.08 Å². The van der Waals surface area contributed by atoms with E-state index in [1.165, 1.54) is 11.8 Å². The third-order valence-corrected chi connectivity index (χ3v) is 6.08. The monoisotopic (exact) mass is 456 g/mol. The first-order chi connectivity index (χ1) is 15.0. The van der Waals surface area contributed by atoms with Crippen LogP contribution in [-0.2, 0) is 9.59 Å². The molecular formula is C23H24N2O4S2. The molecule has 6 nitrogen and oxygen atoms in total. The lowest BCUT2D eigenvalue weighted by Gasteiger charge is -2.14. The van der Waals surface area contributed by atoms with E-state index in [0.717, 1.165) is 36.3 Å². The van der Waals surface area contributed by atoms with Gasteiger partial charge < -0.3 is 15.2 Å². The van der Waals surface area contributed by atoms with E-state index in [1.54, 1.807) is 60.6 Å². The number of benzene rings is 2. The number of thiocarbonyl (C=S) groups is 1. The predicted octanol–water partition coefficient (Wildman–Crippen LogP) is 4.80. The zero-order valence-electron chi connectivity index (χ0n) is 17.2. The second-order valence-corrected chi connectivity index (χ2v) is 8.69. The van der Waals surface area contributed by atoms with Crippen LogP contribution in [0.3, 0.4) is 0 Å². The zero-order chi connectivity index (χ0) is 22.2. The predicted molar refractivity (Wildman–Crippen MR) is 128 cm³/mol. The summed E-state index contributed by atoms with van der Waals surface area (Å²) in [5.41, 5.74) is 1.49. The molecule has 0 atom stereocenters. The topological polar surface area (TPSA) is 78.9 Å². The van der Waals surface area contributed by atoms with Crippen LogP contribution in [0, 0.1) is 0 Å². The summed E-state index contributed by atoms with van der Waals surface area (Å²) in [7, 11) is 1.60. The number of methoxy groups -OCH3 is 1. The van der Waals surface area contributed by atoms with Gasteiger partial charge in [0.15, 0.2) is 0 Å². The molecule has 31 heavy (non-hydrogen) atoms. The minimum absolute atomic E-state index is 0.0372. The van der Waals surface area contributed by atoms with Crippen molar-refractivity contribution in [2.75, 3.05) is 19.0 Å². The Hall–Kier alpha value is -2.84. The summed E-state index contributed by atoms with van der Waals surface area (Å²) in [5.74, 6) is 0.742. The number of carbonyl (C=O) groups excluding carboxylic acids is 2. The number of anilines is 1. The fraction of sp³-hybridized carbons (Fsp3) is 0.261. The molecule has 2 N–H and O–H groups in total. The van der Waals surface area contributed by atoms with Gasteiger partial charge in [-0.25, -0.2) is 0 Å². The largest absolute Gasteiger partial charge is 0.508 e. The van der Waals surface area contributed by atoms with E-state index in [9.17, 15) is 14.7 Å². The fourth-order valence-corrected chi connectivity index (χ4v) is 4.40. The molecule has 8 heteroatoms. The van der Waals surface area contributed by atoms with Crippen molar-refractivity contribution >= 4 is 51.9 Å². The fourth-order valence-electron chi connectivity index (χ4n) is 3.09. The first-order valence-corrected chi connectivity index (χ1v) is 11.2. The molecule has 1 heterocycles. The molecule has 0 saturated carbocycles. The van der Waals surface area contributed by atoms with Gasteiger partial charge >= 0.3 is 0 Å². The third-order valence-electron chi connectivity index (χ3n) is 4.70. The normalized spacial score (nSPS) is 14.9. The maximum absolute atomic E-state index is 12.6. The van der Waals surface area contributed by atoms with Gasteiger partial charge in [0.25, 0.3) is 5.91 Å². The highest BCUT2D eigenvalue weighted by atomic mass is 32.2. The Morgan fingerprint density at radius 1 is 1.19 bits per heavy atom. The number of unbranched alkanes of at least 4 members (excludes halogenated alkanes) is 2. The smallest absolute Gasteiger partial charge is 0.266 e. The number of nitrogens with one attached hydrogen (secondary N) is 1. The number of thioether (sulfide) groups is 1. The highest BCUT2D eigenvalue weighted by Crippen LogP contribution is 2.33. The minimum atomic E-state index is -0.115. The molecule has 1 aliphatic heterocycles. The van der Waals surface area contributed by atoms with Crippen molar-refractivity contribution < 1.29 is 19.4 Å². The summed E-state index contributed by atoms with van der Waals surface area (Å²) in [6, 6.07) is 13.9. The lowest BCUT2D eigenvalue weighted by molar-refractivity contribution is -0.122. The lowest BCUT2D eigenvalue weighted by atomic mass is 10.1. The van der Waals surface area contributed by atoms with Crippen LogP contribution in [0.5, 0.6) is 11.5 Å². The molecule has 0 aliphatic carbocycles. The van der Waals surface area contributed by atoms with Crippen molar-refractivity contribution in [3.05, 3.63) is 59.0 Å². The van der Waals surface area contributed by atoms with Crippen LogP contribution in [0.1, 0.15) is 31.2 Å². The summed E-state index contributed by atoms with van der Waals surface area (Å²) in [6.07, 6.45) is 4.47. The molecule has 0 bridgehead atoms. The van der Waals surface area contributed by atoms with Crippen molar-refractivity contribution in [2.24, 2.45) is 0 Å². The highest BCUT2D eigenvalue weighted by Gasteiger charge is 2.31. The average Bonchev–Trinajstić information content (AvgIpc) is 3.01. The van der Waals surface area contributed by atoms with Crippen LogP contribution < -0.4 is 10.1 Å². The van der Waals surface area contributed by atoms with Crippen molar-refractivity contribution in [3.8, 4) is 11.5 Å². The summed E-state index contributed by atoms with van der Waals surface area (Å²) in [4.78, 5) is 26.9. The van der Waals surface area contributed by atoms with Crippen LogP contribution in [0.4, 0.5) is 5.69 Å². The first-order valence-electron chi connectivity index (χ1n) is 9.94. The Kier molecular flexibility index (Phi) is 8.08. The number of nitrogens with zero attached hydrogens (tertiary/aromatic N) is 1. The Balaban J connectivity index is 1.40. The lowest BCUT2D eigenvalue weighted by Crippen LogP contribution is -2.29. The van der Waals surface area contributed by atoms with Gasteiger partial charge in [0.05, 0.1) is 12.0 Å². The Morgan fingerprint density at radius 2 is 1.97 bits per heavy atom. The molecule has 3 rings (SSSR count). The number of ether oxygens (including phenoxy) is 1. The second-order valence-electron chi connectivity index (χ2n) is 7.02. The van der Waals surface area contributed by atoms with E-state index in [1.807, 2.05) is 6.07 Å². The van der Waals surface area contributed by atoms with E-state index in [-0.39, 0.29) is 17.6 Å². The number of phenolic OH excluding ortho intramolecular Hbond substituents is 1. The van der Waals surface area contributed by atoms with Crippen molar-refractivity contribution in [3.63, 3.8) is 0 Å². The quantitative estimate of drug-likeness (QED) is 0.321. The van der Waals surface area contributed by atoms with Gasteiger partial charge in [-0.15, -0.1) is 0 Å². The van der Waals surface area contributed by atoms with Crippen LogP contribution in [0.15, 0.2) is 53.4 Å². The molecule has 0 radical (unpaired) electrons. The van der Waals surface area contributed by atoms with Gasteiger partial charge in [0.2, 0.25) is 5.91 Å². The number of amides is 2. The molecule has 1 saturated heterocycles. The summed E-state index contributed by atoms with van der Waals surface area (Å²) in [6.45, 7) is 0.530. The van der Waals surface area contributed by atoms with Gasteiger partial charge in [-0.2, -0.15) is 0 Å². The minimum Gasteiger partial charge on any atom is -0.508 e. The molecule has 2 aromatic carbocycles. The van der Waals surface area contributed by atoms with E-state index in [2.05, 4.69) is 5.32 Å². The zero-order valence-corrected chi connectivity index (χ0v) is 18.8. The molecule has 0 spiro atoms. The standard InChI is InChI=1S/C23H24N2O4S2/c1-29-19-11-9-17(10-12-19)24-21(27)8-3-2-4-13-25-22(28)20(31-23(25)30)15-16-6-5-7-18(26)14-16/h5-7,9-12,14-15,26H,2-4,8,13H2,1H3,(H,24,27)/b20-15-. The van der Waals surface area contributed by atoms with E-state index >= 15 is 0 Å². The van der Waals surface area contributed by atoms with Crippen molar-refractivity contribution in [2.45, 2.75) is 25.7 Å². The maximum Gasteiger partial charge on any atom is 0.266 e. The van der Waals surface area contributed by atoms with Crippen LogP contribution in [-0.4, -0.2) is 39.8 Å². The second kappa shape index (κ2) is 11.0. The number of phenols is 1. The average molecular weight is 457 g/mol. The Bertz CT molecular complexity index is 989. The number of rotatable bonds is 9. The van der Waals surface area contributed by atoms with Crippen LogP contribution >= 0.6 is 24.0 Å².